The number of carbonyl (C=O) groups excluding carboxylic acids is 1. The molecule has 0 radical (unpaired) electrons. The Morgan fingerprint density at radius 2 is 2.00 bits per heavy atom. The second-order valence-corrected chi connectivity index (χ2v) is 4.46. The summed E-state index contributed by atoms with van der Waals surface area (Å²) >= 11 is 0. The van der Waals surface area contributed by atoms with Gasteiger partial charge in [0.2, 0.25) is 0 Å². The minimum Gasteiger partial charge on any atom is -0.316 e. The molecule has 13 heavy (non-hydrogen) atoms. The van der Waals surface area contributed by atoms with Gasteiger partial charge < -0.3 is 15.4 Å². The molecule has 0 aromatic rings. The van der Waals surface area contributed by atoms with E-state index < -0.39 is 0 Å². The van der Waals surface area contributed by atoms with Crippen LogP contribution in [0.2, 0.25) is 0 Å². The van der Waals surface area contributed by atoms with Crippen LogP contribution in [0.1, 0.15) is 27.2 Å². The second-order valence-electron chi connectivity index (χ2n) is 4.46. The summed E-state index contributed by atoms with van der Waals surface area (Å²) in [5, 5.41) is 6.46. The van der Waals surface area contributed by atoms with Crippen molar-refractivity contribution in [3.8, 4) is 0 Å². The maximum atomic E-state index is 9.83. The van der Waals surface area contributed by atoms with Crippen molar-refractivity contribution in [1.29, 1.82) is 0 Å². The summed E-state index contributed by atoms with van der Waals surface area (Å²) in [6.45, 7) is 7.96. The van der Waals surface area contributed by atoms with Crippen LogP contribution >= 0.6 is 0 Å². The highest BCUT2D eigenvalue weighted by Gasteiger charge is 2.09. The Morgan fingerprint density at radius 3 is 2.15 bits per heavy atom. The molecule has 1 rings (SSSR count). The van der Waals surface area contributed by atoms with Gasteiger partial charge in [0.15, 0.2) is 0 Å². The van der Waals surface area contributed by atoms with E-state index in [-0.39, 0.29) is 5.41 Å². The van der Waals surface area contributed by atoms with Crippen LogP contribution in [0.5, 0.6) is 0 Å². The predicted octanol–water partition coefficient (Wildman–Crippen LogP) is 0.799. The van der Waals surface area contributed by atoms with Crippen LogP contribution in [-0.2, 0) is 4.79 Å². The third-order valence-electron chi connectivity index (χ3n) is 1.82. The number of likely N-dealkylation sites (N-methyl/N-ethyl adjacent to an activating group) is 1. The molecule has 0 saturated carbocycles. The van der Waals surface area contributed by atoms with Crippen molar-refractivity contribution in [3.63, 3.8) is 0 Å². The predicted molar refractivity (Wildman–Crippen MR) is 55.9 cm³/mol. The lowest BCUT2D eigenvalue weighted by atomic mass is 10.0. The summed E-state index contributed by atoms with van der Waals surface area (Å²) in [4.78, 5) is 9.83. The maximum absolute atomic E-state index is 9.83. The molecule has 0 aromatic heterocycles. The van der Waals surface area contributed by atoms with E-state index in [1.807, 2.05) is 27.8 Å². The van der Waals surface area contributed by atoms with Crippen LogP contribution in [0.4, 0.5) is 0 Å². The van der Waals surface area contributed by atoms with Gasteiger partial charge in [-0.15, -0.1) is 0 Å². The molecular weight excluding hydrogens is 164 g/mol. The fourth-order valence-corrected chi connectivity index (χ4v) is 0.901. The van der Waals surface area contributed by atoms with Crippen molar-refractivity contribution in [3.05, 3.63) is 0 Å². The van der Waals surface area contributed by atoms with E-state index in [2.05, 4.69) is 10.6 Å². The maximum Gasteiger partial charge on any atom is 0.125 e. The Balaban J connectivity index is 0.000000226. The highest BCUT2D eigenvalue weighted by molar-refractivity contribution is 5.56. The van der Waals surface area contributed by atoms with E-state index in [9.17, 15) is 4.79 Å². The van der Waals surface area contributed by atoms with Crippen LogP contribution in [0.3, 0.4) is 0 Å². The SMILES string of the molecule is CC(C)(C)C=O.CNC1CCNC1. The molecule has 0 aromatic carbocycles. The molecule has 1 aliphatic heterocycles. The molecule has 78 valence electrons. The molecular formula is C10H22N2O. The van der Waals surface area contributed by atoms with E-state index in [0.29, 0.717) is 0 Å². The van der Waals surface area contributed by atoms with Crippen LogP contribution < -0.4 is 10.6 Å². The topological polar surface area (TPSA) is 41.1 Å². The number of hydrogen-bond acceptors (Lipinski definition) is 3. The fraction of sp³-hybridized carbons (Fsp3) is 0.900. The first-order valence-electron chi connectivity index (χ1n) is 4.84. The van der Waals surface area contributed by atoms with Gasteiger partial charge in [0.1, 0.15) is 6.29 Å². The molecule has 1 heterocycles. The Bertz CT molecular complexity index is 134. The molecule has 2 N–H and O–H groups in total. The molecule has 1 atom stereocenters. The lowest BCUT2D eigenvalue weighted by Crippen LogP contribution is -2.26. The third kappa shape index (κ3) is 7.94. The third-order valence-corrected chi connectivity index (χ3v) is 1.82. The molecule has 1 fully saturated rings. The molecule has 3 nitrogen and oxygen atoms in total. The van der Waals surface area contributed by atoms with Gasteiger partial charge >= 0.3 is 0 Å². The first-order chi connectivity index (χ1) is 5.99. The van der Waals surface area contributed by atoms with E-state index in [0.717, 1.165) is 18.9 Å². The van der Waals surface area contributed by atoms with Gasteiger partial charge in [0, 0.05) is 18.0 Å². The zero-order valence-corrected chi connectivity index (χ0v) is 9.18. The van der Waals surface area contributed by atoms with Gasteiger partial charge in [-0.2, -0.15) is 0 Å². The Morgan fingerprint density at radius 1 is 1.46 bits per heavy atom. The second kappa shape index (κ2) is 6.11. The van der Waals surface area contributed by atoms with Crippen molar-refractivity contribution in [2.45, 2.75) is 33.2 Å². The number of aldehydes is 1. The molecule has 0 bridgehead atoms. The highest BCUT2D eigenvalue weighted by atomic mass is 16.1. The first-order valence-corrected chi connectivity index (χ1v) is 4.84. The largest absolute Gasteiger partial charge is 0.316 e. The summed E-state index contributed by atoms with van der Waals surface area (Å²) in [5.74, 6) is 0. The normalized spacial score (nSPS) is 22.0. The van der Waals surface area contributed by atoms with Gasteiger partial charge in [-0.3, -0.25) is 0 Å². The Kier molecular flexibility index (Phi) is 5.91. The quantitative estimate of drug-likeness (QED) is 0.595. The highest BCUT2D eigenvalue weighted by Crippen LogP contribution is 2.05. The average molecular weight is 186 g/mol. The van der Waals surface area contributed by atoms with Crippen molar-refractivity contribution in [2.75, 3.05) is 20.1 Å². The van der Waals surface area contributed by atoms with E-state index >= 15 is 0 Å². The molecule has 0 amide bonds. The zero-order valence-electron chi connectivity index (χ0n) is 9.18. The summed E-state index contributed by atoms with van der Waals surface area (Å²) in [7, 11) is 2.01. The Labute approximate surface area is 81.3 Å². The van der Waals surface area contributed by atoms with Crippen molar-refractivity contribution in [1.82, 2.24) is 10.6 Å². The number of nitrogens with one attached hydrogen (secondary N) is 2. The summed E-state index contributed by atoms with van der Waals surface area (Å²) in [5.41, 5.74) is -0.139. The lowest BCUT2D eigenvalue weighted by Gasteiger charge is -2.03. The fourth-order valence-electron chi connectivity index (χ4n) is 0.901. The van der Waals surface area contributed by atoms with E-state index in [4.69, 9.17) is 0 Å². The summed E-state index contributed by atoms with van der Waals surface area (Å²) in [6.07, 6.45) is 2.23. The Hall–Kier alpha value is -0.410. The minimum absolute atomic E-state index is 0.139. The molecule has 0 aliphatic carbocycles. The summed E-state index contributed by atoms with van der Waals surface area (Å²) in [6, 6.07) is 0.736. The zero-order chi connectivity index (χ0) is 10.3. The first kappa shape index (κ1) is 12.6. The van der Waals surface area contributed by atoms with Crippen molar-refractivity contribution < 1.29 is 4.79 Å². The van der Waals surface area contributed by atoms with E-state index in [1.54, 1.807) is 0 Å². The molecule has 3 heteroatoms. The minimum atomic E-state index is -0.139. The van der Waals surface area contributed by atoms with Crippen molar-refractivity contribution >= 4 is 6.29 Å². The smallest absolute Gasteiger partial charge is 0.125 e. The van der Waals surface area contributed by atoms with Gasteiger partial charge in [-0.25, -0.2) is 0 Å². The van der Waals surface area contributed by atoms with Gasteiger partial charge in [-0.05, 0) is 20.0 Å². The molecule has 1 saturated heterocycles. The standard InChI is InChI=1S/C5H12N2.C5H10O/c1-6-5-2-3-7-4-5;1-5(2,3)4-6/h5-7H,2-4H2,1H3;4H,1-3H3. The lowest BCUT2D eigenvalue weighted by molar-refractivity contribution is -0.113. The van der Waals surface area contributed by atoms with E-state index in [1.165, 1.54) is 13.0 Å². The van der Waals surface area contributed by atoms with Crippen LogP contribution in [0.15, 0.2) is 0 Å². The summed E-state index contributed by atoms with van der Waals surface area (Å²) < 4.78 is 0. The number of hydrogen-bond donors (Lipinski definition) is 2. The van der Waals surface area contributed by atoms with Crippen LogP contribution in [0, 0.1) is 5.41 Å². The monoisotopic (exact) mass is 186 g/mol. The molecule has 1 unspecified atom stereocenters. The van der Waals surface area contributed by atoms with Gasteiger partial charge in [0.05, 0.1) is 0 Å². The van der Waals surface area contributed by atoms with Crippen molar-refractivity contribution in [2.24, 2.45) is 5.41 Å². The number of carbonyl (C=O) groups is 1. The molecule has 1 aliphatic rings. The van der Waals surface area contributed by atoms with Crippen LogP contribution in [0.25, 0.3) is 0 Å². The van der Waals surface area contributed by atoms with Crippen LogP contribution in [-0.4, -0.2) is 32.5 Å². The molecule has 0 spiro atoms. The van der Waals surface area contributed by atoms with Gasteiger partial charge in [0.25, 0.3) is 0 Å². The van der Waals surface area contributed by atoms with Gasteiger partial charge in [-0.1, -0.05) is 20.8 Å². The average Bonchev–Trinajstić information content (AvgIpc) is 2.56. The number of rotatable bonds is 1.